The van der Waals surface area contributed by atoms with Crippen molar-refractivity contribution < 1.29 is 4.74 Å². The molecule has 0 radical (unpaired) electrons. The lowest BCUT2D eigenvalue weighted by Crippen LogP contribution is -2.36. The first kappa shape index (κ1) is 15.3. The van der Waals surface area contributed by atoms with Gasteiger partial charge in [-0.3, -0.25) is 0 Å². The summed E-state index contributed by atoms with van der Waals surface area (Å²) in [7, 11) is 1.69. The van der Waals surface area contributed by atoms with Crippen LogP contribution in [-0.2, 0) is 4.74 Å². The molecule has 0 N–H and O–H groups in total. The normalized spacial score (nSPS) is 12.1. The number of aromatic nitrogens is 1. The fourth-order valence-electron chi connectivity index (χ4n) is 2.35. The standard InChI is InChI=1S/C17H21N3O/c1-4-13(2)20(9-10-21-3)17-15(12-18)11-14-7-5-6-8-16(14)19-17/h5-8,11,13H,4,9-10H2,1-3H3. The minimum atomic E-state index is 0.306. The zero-order chi connectivity index (χ0) is 15.2. The first-order valence-electron chi connectivity index (χ1n) is 7.26. The van der Waals surface area contributed by atoms with Gasteiger partial charge in [0.05, 0.1) is 17.7 Å². The topological polar surface area (TPSA) is 49.1 Å². The van der Waals surface area contributed by atoms with Crippen LogP contribution in [0, 0.1) is 11.3 Å². The lowest BCUT2D eigenvalue weighted by Gasteiger charge is -2.30. The second-order valence-corrected chi connectivity index (χ2v) is 5.11. The number of nitrogens with zero attached hydrogens (tertiary/aromatic N) is 3. The van der Waals surface area contributed by atoms with Crippen LogP contribution in [0.1, 0.15) is 25.8 Å². The smallest absolute Gasteiger partial charge is 0.147 e. The Morgan fingerprint density at radius 1 is 1.38 bits per heavy atom. The number of hydrogen-bond donors (Lipinski definition) is 0. The molecule has 1 aromatic heterocycles. The maximum atomic E-state index is 9.46. The van der Waals surface area contributed by atoms with E-state index in [2.05, 4.69) is 24.8 Å². The molecule has 0 fully saturated rings. The molecule has 1 unspecified atom stereocenters. The highest BCUT2D eigenvalue weighted by Crippen LogP contribution is 2.25. The van der Waals surface area contributed by atoms with Crippen LogP contribution >= 0.6 is 0 Å². The molecule has 2 rings (SSSR count). The third-order valence-electron chi connectivity index (χ3n) is 3.76. The number of nitriles is 1. The quantitative estimate of drug-likeness (QED) is 0.815. The van der Waals surface area contributed by atoms with Gasteiger partial charge in [-0.05, 0) is 25.5 Å². The van der Waals surface area contributed by atoms with Crippen molar-refractivity contribution in [3.8, 4) is 6.07 Å². The van der Waals surface area contributed by atoms with Gasteiger partial charge in [0.1, 0.15) is 11.9 Å². The van der Waals surface area contributed by atoms with Gasteiger partial charge in [0, 0.05) is 25.1 Å². The van der Waals surface area contributed by atoms with Crippen molar-refractivity contribution in [2.75, 3.05) is 25.2 Å². The molecule has 1 aromatic carbocycles. The highest BCUT2D eigenvalue weighted by molar-refractivity contribution is 5.83. The number of fused-ring (bicyclic) bond motifs is 1. The van der Waals surface area contributed by atoms with Gasteiger partial charge >= 0.3 is 0 Å². The largest absolute Gasteiger partial charge is 0.383 e. The van der Waals surface area contributed by atoms with Crippen LogP contribution in [0.15, 0.2) is 30.3 Å². The Balaban J connectivity index is 2.52. The number of pyridine rings is 1. The van der Waals surface area contributed by atoms with E-state index in [1.54, 1.807) is 7.11 Å². The van der Waals surface area contributed by atoms with Crippen LogP contribution in [0.3, 0.4) is 0 Å². The second kappa shape index (κ2) is 7.05. The van der Waals surface area contributed by atoms with E-state index in [0.29, 0.717) is 18.2 Å². The predicted molar refractivity (Wildman–Crippen MR) is 85.4 cm³/mol. The predicted octanol–water partition coefficient (Wildman–Crippen LogP) is 3.36. The summed E-state index contributed by atoms with van der Waals surface area (Å²) in [4.78, 5) is 6.88. The molecule has 0 spiro atoms. The summed E-state index contributed by atoms with van der Waals surface area (Å²) < 4.78 is 5.20. The van der Waals surface area contributed by atoms with Crippen molar-refractivity contribution >= 4 is 16.7 Å². The Bertz CT molecular complexity index is 648. The zero-order valence-electron chi connectivity index (χ0n) is 12.8. The molecular formula is C17H21N3O. The molecule has 2 aromatic rings. The number of ether oxygens (including phenoxy) is 1. The molecule has 1 atom stereocenters. The van der Waals surface area contributed by atoms with Gasteiger partial charge < -0.3 is 9.64 Å². The minimum absolute atomic E-state index is 0.306. The van der Waals surface area contributed by atoms with Crippen LogP contribution in [0.25, 0.3) is 10.9 Å². The Kier molecular flexibility index (Phi) is 5.13. The van der Waals surface area contributed by atoms with Gasteiger partial charge in [-0.2, -0.15) is 5.26 Å². The SMILES string of the molecule is CCC(C)N(CCOC)c1nc2ccccc2cc1C#N. The molecule has 21 heavy (non-hydrogen) atoms. The summed E-state index contributed by atoms with van der Waals surface area (Å²) in [5, 5.41) is 10.5. The fraction of sp³-hybridized carbons (Fsp3) is 0.412. The van der Waals surface area contributed by atoms with E-state index < -0.39 is 0 Å². The lowest BCUT2D eigenvalue weighted by atomic mass is 10.1. The van der Waals surface area contributed by atoms with Crippen LogP contribution in [-0.4, -0.2) is 31.3 Å². The van der Waals surface area contributed by atoms with Gasteiger partial charge in [0.15, 0.2) is 0 Å². The number of para-hydroxylation sites is 1. The van der Waals surface area contributed by atoms with Crippen molar-refractivity contribution in [2.45, 2.75) is 26.3 Å². The molecule has 1 heterocycles. The maximum absolute atomic E-state index is 9.46. The van der Waals surface area contributed by atoms with Gasteiger partial charge in [-0.25, -0.2) is 4.98 Å². The Morgan fingerprint density at radius 2 is 2.14 bits per heavy atom. The highest BCUT2D eigenvalue weighted by Gasteiger charge is 2.18. The summed E-state index contributed by atoms with van der Waals surface area (Å²) in [6, 6.07) is 12.4. The minimum Gasteiger partial charge on any atom is -0.383 e. The molecule has 0 amide bonds. The summed E-state index contributed by atoms with van der Waals surface area (Å²) >= 11 is 0. The molecule has 0 aliphatic carbocycles. The van der Waals surface area contributed by atoms with Crippen molar-refractivity contribution in [3.63, 3.8) is 0 Å². The van der Waals surface area contributed by atoms with E-state index in [0.717, 1.165) is 29.7 Å². The van der Waals surface area contributed by atoms with E-state index in [1.807, 2.05) is 30.3 Å². The maximum Gasteiger partial charge on any atom is 0.147 e. The van der Waals surface area contributed by atoms with Crippen LogP contribution in [0.5, 0.6) is 0 Å². The number of anilines is 1. The monoisotopic (exact) mass is 283 g/mol. The molecule has 0 aliphatic rings. The van der Waals surface area contributed by atoms with E-state index in [4.69, 9.17) is 9.72 Å². The lowest BCUT2D eigenvalue weighted by molar-refractivity contribution is 0.203. The molecule has 110 valence electrons. The second-order valence-electron chi connectivity index (χ2n) is 5.11. The summed E-state index contributed by atoms with van der Waals surface area (Å²) in [5.41, 5.74) is 1.53. The Hall–Kier alpha value is -2.12. The number of hydrogen-bond acceptors (Lipinski definition) is 4. The van der Waals surface area contributed by atoms with Crippen molar-refractivity contribution in [1.29, 1.82) is 5.26 Å². The van der Waals surface area contributed by atoms with E-state index in [1.165, 1.54) is 0 Å². The zero-order valence-corrected chi connectivity index (χ0v) is 12.8. The van der Waals surface area contributed by atoms with Gasteiger partial charge in [0.2, 0.25) is 0 Å². The molecule has 0 bridgehead atoms. The van der Waals surface area contributed by atoms with Crippen molar-refractivity contribution in [2.24, 2.45) is 0 Å². The van der Waals surface area contributed by atoms with E-state index in [9.17, 15) is 5.26 Å². The van der Waals surface area contributed by atoms with E-state index >= 15 is 0 Å². The van der Waals surface area contributed by atoms with Crippen molar-refractivity contribution in [3.05, 3.63) is 35.9 Å². The summed E-state index contributed by atoms with van der Waals surface area (Å²) in [5.74, 6) is 0.752. The number of methoxy groups -OCH3 is 1. The average Bonchev–Trinajstić information content (AvgIpc) is 2.54. The Labute approximate surface area is 126 Å². The number of rotatable bonds is 6. The van der Waals surface area contributed by atoms with Gasteiger partial charge in [-0.1, -0.05) is 25.1 Å². The first-order valence-corrected chi connectivity index (χ1v) is 7.26. The Morgan fingerprint density at radius 3 is 2.81 bits per heavy atom. The van der Waals surface area contributed by atoms with Crippen LogP contribution < -0.4 is 4.90 Å². The summed E-state index contributed by atoms with van der Waals surface area (Å²) in [6.07, 6.45) is 0.989. The average molecular weight is 283 g/mol. The number of benzene rings is 1. The van der Waals surface area contributed by atoms with Crippen molar-refractivity contribution in [1.82, 2.24) is 4.98 Å². The van der Waals surface area contributed by atoms with Crippen LogP contribution in [0.4, 0.5) is 5.82 Å². The van der Waals surface area contributed by atoms with Gasteiger partial charge in [0.25, 0.3) is 0 Å². The molecule has 4 heteroatoms. The molecule has 4 nitrogen and oxygen atoms in total. The summed E-state index contributed by atoms with van der Waals surface area (Å²) in [6.45, 7) is 5.63. The molecule has 0 saturated carbocycles. The molecular weight excluding hydrogens is 262 g/mol. The fourth-order valence-corrected chi connectivity index (χ4v) is 2.35. The third kappa shape index (κ3) is 3.32. The third-order valence-corrected chi connectivity index (χ3v) is 3.76. The highest BCUT2D eigenvalue weighted by atomic mass is 16.5. The first-order chi connectivity index (χ1) is 10.2. The molecule has 0 saturated heterocycles. The molecule has 0 aliphatic heterocycles. The van der Waals surface area contributed by atoms with E-state index in [-0.39, 0.29) is 0 Å². The van der Waals surface area contributed by atoms with Gasteiger partial charge in [-0.15, -0.1) is 0 Å². The van der Waals surface area contributed by atoms with Crippen LogP contribution in [0.2, 0.25) is 0 Å².